The Morgan fingerprint density at radius 1 is 1.13 bits per heavy atom. The minimum Gasteiger partial charge on any atom is -0.459 e. The van der Waals surface area contributed by atoms with Crippen LogP contribution in [0.5, 0.6) is 0 Å². The molecule has 2 aliphatic rings. The lowest BCUT2D eigenvalue weighted by atomic mass is 9.95. The van der Waals surface area contributed by atoms with E-state index in [1.165, 1.54) is 12.3 Å². The van der Waals surface area contributed by atoms with Gasteiger partial charge in [-0.3, -0.25) is 9.79 Å². The number of aliphatic imine (C=N–C) groups is 1. The Balaban J connectivity index is 0.00000256. The molecule has 2 fully saturated rings. The molecule has 1 aliphatic carbocycles. The molecule has 2 aromatic rings. The van der Waals surface area contributed by atoms with Crippen LogP contribution in [0.25, 0.3) is 0 Å². The van der Waals surface area contributed by atoms with E-state index in [0.717, 1.165) is 30.9 Å². The molecule has 0 atom stereocenters. The average molecular weight is 526 g/mol. The first-order chi connectivity index (χ1) is 14.1. The molecule has 1 saturated carbocycles. The van der Waals surface area contributed by atoms with Gasteiger partial charge in [0.1, 0.15) is 5.82 Å². The second kappa shape index (κ2) is 9.80. The van der Waals surface area contributed by atoms with Crippen molar-refractivity contribution in [2.75, 3.05) is 39.3 Å². The van der Waals surface area contributed by atoms with Gasteiger partial charge in [0, 0.05) is 38.1 Å². The van der Waals surface area contributed by atoms with Gasteiger partial charge in [0.15, 0.2) is 11.7 Å². The van der Waals surface area contributed by atoms with Crippen LogP contribution in [0.3, 0.4) is 0 Å². The van der Waals surface area contributed by atoms with Gasteiger partial charge in [-0.1, -0.05) is 18.2 Å². The van der Waals surface area contributed by atoms with Gasteiger partial charge >= 0.3 is 0 Å². The maximum atomic E-state index is 14.3. The van der Waals surface area contributed by atoms with Crippen LogP contribution in [0.2, 0.25) is 0 Å². The summed E-state index contributed by atoms with van der Waals surface area (Å²) in [5, 5.41) is 3.35. The minimum absolute atomic E-state index is 0. The lowest BCUT2D eigenvalue weighted by molar-refractivity contribution is 0.0657. The second-order valence-corrected chi connectivity index (χ2v) is 7.69. The monoisotopic (exact) mass is 526 g/mol. The molecule has 1 saturated heterocycles. The number of carbonyl (C=O) groups is 1. The zero-order valence-electron chi connectivity index (χ0n) is 17.1. The van der Waals surface area contributed by atoms with Gasteiger partial charge in [-0.25, -0.2) is 4.39 Å². The lowest BCUT2D eigenvalue weighted by Crippen LogP contribution is -2.53. The van der Waals surface area contributed by atoms with Gasteiger partial charge in [0.2, 0.25) is 0 Å². The fraction of sp³-hybridized carbons (Fsp3) is 0.455. The summed E-state index contributed by atoms with van der Waals surface area (Å²) in [7, 11) is 0. The number of hydrogen-bond donors (Lipinski definition) is 1. The van der Waals surface area contributed by atoms with E-state index < -0.39 is 0 Å². The third-order valence-electron chi connectivity index (χ3n) is 5.76. The van der Waals surface area contributed by atoms with Crippen LogP contribution in [-0.4, -0.2) is 60.9 Å². The Bertz CT molecular complexity index is 875. The summed E-state index contributed by atoms with van der Waals surface area (Å²) in [6, 6.07) is 10.4. The SMILES string of the molecule is CCNC(=NCC1(c2ccccc2F)CC1)N1CCN(C(=O)c2ccco2)CC1.I. The predicted octanol–water partition coefficient (Wildman–Crippen LogP) is 3.49. The van der Waals surface area contributed by atoms with Gasteiger partial charge in [0.25, 0.3) is 5.91 Å². The summed E-state index contributed by atoms with van der Waals surface area (Å²) < 4.78 is 19.5. The fourth-order valence-electron chi connectivity index (χ4n) is 3.88. The van der Waals surface area contributed by atoms with Crippen molar-refractivity contribution in [2.24, 2.45) is 4.99 Å². The Labute approximate surface area is 193 Å². The molecule has 1 amide bonds. The molecule has 1 aromatic heterocycles. The standard InChI is InChI=1S/C22H27FN4O2.HI/c1-2-24-21(25-16-22(9-10-22)17-6-3-4-7-18(17)23)27-13-11-26(12-14-27)20(28)19-8-5-15-29-19;/h3-8,15H,2,9-14,16H2,1H3,(H,24,25);1H. The first kappa shape index (κ1) is 22.6. The van der Waals surface area contributed by atoms with Gasteiger partial charge in [0.05, 0.1) is 12.8 Å². The molecule has 2 heterocycles. The summed E-state index contributed by atoms with van der Waals surface area (Å²) >= 11 is 0. The van der Waals surface area contributed by atoms with Crippen LogP contribution >= 0.6 is 24.0 Å². The molecule has 0 radical (unpaired) electrons. The molecule has 4 rings (SSSR count). The van der Waals surface area contributed by atoms with E-state index >= 15 is 0 Å². The largest absolute Gasteiger partial charge is 0.459 e. The molecule has 6 nitrogen and oxygen atoms in total. The molecule has 162 valence electrons. The van der Waals surface area contributed by atoms with Crippen molar-refractivity contribution in [3.05, 3.63) is 59.8 Å². The van der Waals surface area contributed by atoms with E-state index in [2.05, 4.69) is 10.2 Å². The van der Waals surface area contributed by atoms with E-state index in [4.69, 9.17) is 9.41 Å². The van der Waals surface area contributed by atoms with E-state index in [9.17, 15) is 9.18 Å². The zero-order valence-corrected chi connectivity index (χ0v) is 19.5. The van der Waals surface area contributed by atoms with Crippen LogP contribution in [0.4, 0.5) is 4.39 Å². The highest BCUT2D eigenvalue weighted by atomic mass is 127. The van der Waals surface area contributed by atoms with Crippen molar-refractivity contribution in [2.45, 2.75) is 25.2 Å². The van der Waals surface area contributed by atoms with Crippen LogP contribution in [0.1, 0.15) is 35.9 Å². The summed E-state index contributed by atoms with van der Waals surface area (Å²) in [6.45, 7) is 6.00. The van der Waals surface area contributed by atoms with Gasteiger partial charge < -0.3 is 19.5 Å². The third-order valence-corrected chi connectivity index (χ3v) is 5.76. The summed E-state index contributed by atoms with van der Waals surface area (Å²) in [6.07, 6.45) is 3.44. The van der Waals surface area contributed by atoms with E-state index in [1.807, 2.05) is 19.1 Å². The number of nitrogens with one attached hydrogen (secondary N) is 1. The smallest absolute Gasteiger partial charge is 0.289 e. The quantitative estimate of drug-likeness (QED) is 0.368. The van der Waals surface area contributed by atoms with E-state index in [1.54, 1.807) is 23.1 Å². The van der Waals surface area contributed by atoms with Gasteiger partial charge in [-0.05, 0) is 43.5 Å². The van der Waals surface area contributed by atoms with Crippen molar-refractivity contribution in [1.82, 2.24) is 15.1 Å². The molecule has 0 bridgehead atoms. The summed E-state index contributed by atoms with van der Waals surface area (Å²) in [5.74, 6) is 0.989. The Morgan fingerprint density at radius 2 is 1.83 bits per heavy atom. The Hall–Kier alpha value is -2.10. The highest BCUT2D eigenvalue weighted by Gasteiger charge is 2.46. The zero-order chi connectivity index (χ0) is 20.3. The number of nitrogens with zero attached hydrogens (tertiary/aromatic N) is 3. The lowest BCUT2D eigenvalue weighted by Gasteiger charge is -2.36. The number of carbonyl (C=O) groups excluding carboxylic acids is 1. The first-order valence-corrected chi connectivity index (χ1v) is 10.2. The number of furan rings is 1. The number of benzene rings is 1. The number of rotatable bonds is 5. The predicted molar refractivity (Wildman–Crippen MR) is 125 cm³/mol. The van der Waals surface area contributed by atoms with Crippen molar-refractivity contribution in [3.8, 4) is 0 Å². The minimum atomic E-state index is -0.177. The van der Waals surface area contributed by atoms with E-state index in [-0.39, 0.29) is 41.1 Å². The molecule has 0 spiro atoms. The molecule has 1 aliphatic heterocycles. The van der Waals surface area contributed by atoms with Crippen molar-refractivity contribution in [1.29, 1.82) is 0 Å². The fourth-order valence-corrected chi connectivity index (χ4v) is 3.88. The van der Waals surface area contributed by atoms with Crippen molar-refractivity contribution in [3.63, 3.8) is 0 Å². The van der Waals surface area contributed by atoms with Crippen LogP contribution in [-0.2, 0) is 5.41 Å². The molecule has 1 aromatic carbocycles. The number of piperazine rings is 1. The third kappa shape index (κ3) is 4.79. The number of amides is 1. The highest BCUT2D eigenvalue weighted by molar-refractivity contribution is 14.0. The molecule has 0 unspecified atom stereocenters. The maximum absolute atomic E-state index is 14.3. The van der Waals surface area contributed by atoms with Gasteiger partial charge in [-0.15, -0.1) is 24.0 Å². The summed E-state index contributed by atoms with van der Waals surface area (Å²) in [5.41, 5.74) is 0.594. The van der Waals surface area contributed by atoms with Crippen molar-refractivity contribution >= 4 is 35.8 Å². The van der Waals surface area contributed by atoms with Crippen molar-refractivity contribution < 1.29 is 13.6 Å². The second-order valence-electron chi connectivity index (χ2n) is 7.69. The highest BCUT2D eigenvalue weighted by Crippen LogP contribution is 2.49. The topological polar surface area (TPSA) is 61.1 Å². The number of hydrogen-bond acceptors (Lipinski definition) is 3. The molecule has 30 heavy (non-hydrogen) atoms. The molecule has 1 N–H and O–H groups in total. The molecule has 8 heteroatoms. The maximum Gasteiger partial charge on any atom is 0.289 e. The summed E-state index contributed by atoms with van der Waals surface area (Å²) in [4.78, 5) is 21.3. The van der Waals surface area contributed by atoms with E-state index in [0.29, 0.717) is 38.5 Å². The molecular weight excluding hydrogens is 498 g/mol. The van der Waals surface area contributed by atoms with Crippen LogP contribution in [0, 0.1) is 5.82 Å². The number of halogens is 2. The number of guanidine groups is 1. The molecular formula is C22H28FIN4O2. The Morgan fingerprint density at radius 3 is 2.43 bits per heavy atom. The van der Waals surface area contributed by atoms with Gasteiger partial charge in [-0.2, -0.15) is 0 Å². The average Bonchev–Trinajstić information content (AvgIpc) is 3.32. The normalized spacial score (nSPS) is 18.0. The Kier molecular flexibility index (Phi) is 7.38. The van der Waals surface area contributed by atoms with Crippen LogP contribution in [0.15, 0.2) is 52.1 Å². The van der Waals surface area contributed by atoms with Crippen LogP contribution < -0.4 is 5.32 Å². The first-order valence-electron chi connectivity index (χ1n) is 10.2.